The average Bonchev–Trinajstić information content (AvgIpc) is 2.15. The van der Waals surface area contributed by atoms with E-state index in [9.17, 15) is 0 Å². The quantitative estimate of drug-likeness (QED) is 0.409. The van der Waals surface area contributed by atoms with Crippen LogP contribution in [-0.4, -0.2) is 8.07 Å². The van der Waals surface area contributed by atoms with Gasteiger partial charge in [-0.05, 0) is 18.2 Å². The molecule has 0 aliphatic rings. The van der Waals surface area contributed by atoms with Gasteiger partial charge in [-0.2, -0.15) is 5.26 Å². The number of rotatable bonds is 0. The van der Waals surface area contributed by atoms with Crippen LogP contribution in [0.1, 0.15) is 11.1 Å². The molecule has 76 valence electrons. The number of nitriles is 1. The molecule has 3 heteroatoms. The van der Waals surface area contributed by atoms with E-state index in [1.165, 1.54) is 0 Å². The minimum absolute atomic E-state index is 0.601. The zero-order valence-corrected chi connectivity index (χ0v) is 10.3. The number of nitrogen functional groups attached to an aromatic ring is 1. The monoisotopic (exact) mass is 214 g/mol. The van der Waals surface area contributed by atoms with Crippen LogP contribution in [0.3, 0.4) is 0 Å². The Balaban J connectivity index is 3.14. The van der Waals surface area contributed by atoms with Crippen LogP contribution in [0.2, 0.25) is 19.6 Å². The SMILES string of the molecule is C[Si](C)(C)C#Cc1cc(C#N)ccc1N. The van der Waals surface area contributed by atoms with Gasteiger partial charge in [-0.1, -0.05) is 25.6 Å². The highest BCUT2D eigenvalue weighted by Crippen LogP contribution is 2.12. The van der Waals surface area contributed by atoms with Gasteiger partial charge < -0.3 is 5.73 Å². The van der Waals surface area contributed by atoms with Crippen molar-refractivity contribution in [3.63, 3.8) is 0 Å². The van der Waals surface area contributed by atoms with E-state index in [0.29, 0.717) is 11.3 Å². The van der Waals surface area contributed by atoms with Crippen molar-refractivity contribution in [1.82, 2.24) is 0 Å². The molecule has 1 aromatic rings. The summed E-state index contributed by atoms with van der Waals surface area (Å²) in [5, 5.41) is 8.75. The summed E-state index contributed by atoms with van der Waals surface area (Å²) in [4.78, 5) is 0. The molecule has 0 aliphatic carbocycles. The van der Waals surface area contributed by atoms with Gasteiger partial charge in [0.15, 0.2) is 0 Å². The summed E-state index contributed by atoms with van der Waals surface area (Å²) >= 11 is 0. The Morgan fingerprint density at radius 2 is 1.93 bits per heavy atom. The zero-order valence-electron chi connectivity index (χ0n) is 9.26. The van der Waals surface area contributed by atoms with Gasteiger partial charge in [-0.3, -0.25) is 0 Å². The van der Waals surface area contributed by atoms with Gasteiger partial charge in [0.05, 0.1) is 11.6 Å². The molecule has 0 fully saturated rings. The third kappa shape index (κ3) is 3.50. The van der Waals surface area contributed by atoms with Gasteiger partial charge in [0.2, 0.25) is 0 Å². The second-order valence-electron chi connectivity index (χ2n) is 4.41. The Labute approximate surface area is 91.7 Å². The lowest BCUT2D eigenvalue weighted by atomic mass is 10.1. The molecule has 0 radical (unpaired) electrons. The summed E-state index contributed by atoms with van der Waals surface area (Å²) in [5.41, 5.74) is 11.0. The highest BCUT2D eigenvalue weighted by molar-refractivity contribution is 6.83. The van der Waals surface area contributed by atoms with Crippen LogP contribution in [0.4, 0.5) is 5.69 Å². The first kappa shape index (κ1) is 11.4. The number of hydrogen-bond acceptors (Lipinski definition) is 2. The van der Waals surface area contributed by atoms with Crippen LogP contribution in [0.5, 0.6) is 0 Å². The van der Waals surface area contributed by atoms with Crippen LogP contribution < -0.4 is 5.73 Å². The Morgan fingerprint density at radius 3 is 2.47 bits per heavy atom. The molecular formula is C12H14N2Si. The summed E-state index contributed by atoms with van der Waals surface area (Å²) in [6.45, 7) is 6.51. The molecule has 0 bridgehead atoms. The third-order valence-electron chi connectivity index (χ3n) is 1.75. The van der Waals surface area contributed by atoms with Crippen LogP contribution >= 0.6 is 0 Å². The van der Waals surface area contributed by atoms with Crippen LogP contribution in [0.15, 0.2) is 18.2 Å². The molecule has 2 N–H and O–H groups in total. The molecule has 0 saturated carbocycles. The molecule has 2 nitrogen and oxygen atoms in total. The summed E-state index contributed by atoms with van der Waals surface area (Å²) in [6.07, 6.45) is 0. The van der Waals surface area contributed by atoms with E-state index < -0.39 is 8.07 Å². The lowest BCUT2D eigenvalue weighted by Crippen LogP contribution is -2.16. The van der Waals surface area contributed by atoms with E-state index in [1.807, 2.05) is 0 Å². The van der Waals surface area contributed by atoms with E-state index in [4.69, 9.17) is 11.0 Å². The molecule has 0 unspecified atom stereocenters. The lowest BCUT2D eigenvalue weighted by Gasteiger charge is -2.04. The maximum absolute atomic E-state index is 8.75. The molecule has 15 heavy (non-hydrogen) atoms. The number of nitrogens with two attached hydrogens (primary N) is 1. The fourth-order valence-corrected chi connectivity index (χ4v) is 1.50. The van der Waals surface area contributed by atoms with Crippen molar-refractivity contribution in [1.29, 1.82) is 5.26 Å². The Morgan fingerprint density at radius 1 is 1.27 bits per heavy atom. The van der Waals surface area contributed by atoms with Gasteiger partial charge in [-0.15, -0.1) is 5.54 Å². The van der Waals surface area contributed by atoms with Gasteiger partial charge in [0.25, 0.3) is 0 Å². The van der Waals surface area contributed by atoms with E-state index in [0.717, 1.165) is 5.56 Å². The lowest BCUT2D eigenvalue weighted by molar-refractivity contribution is 1.48. The molecule has 1 aromatic carbocycles. The van der Waals surface area contributed by atoms with Crippen molar-refractivity contribution >= 4 is 13.8 Å². The standard InChI is InChI=1S/C12H14N2Si/c1-15(2,3)7-6-11-8-10(9-13)4-5-12(11)14/h4-5,8H,14H2,1-3H3. The minimum atomic E-state index is -1.39. The van der Waals surface area contributed by atoms with Crippen LogP contribution in [0.25, 0.3) is 0 Å². The van der Waals surface area contributed by atoms with E-state index in [2.05, 4.69) is 37.2 Å². The van der Waals surface area contributed by atoms with Crippen LogP contribution in [0, 0.1) is 22.8 Å². The smallest absolute Gasteiger partial charge is 0.129 e. The summed E-state index contributed by atoms with van der Waals surface area (Å²) in [5.74, 6) is 3.06. The van der Waals surface area contributed by atoms with E-state index in [1.54, 1.807) is 18.2 Å². The highest BCUT2D eigenvalue weighted by Gasteiger charge is 2.08. The van der Waals surface area contributed by atoms with E-state index >= 15 is 0 Å². The van der Waals surface area contributed by atoms with Gasteiger partial charge >= 0.3 is 0 Å². The molecule has 1 rings (SSSR count). The average molecular weight is 214 g/mol. The fourth-order valence-electron chi connectivity index (χ4n) is 0.989. The largest absolute Gasteiger partial charge is 0.398 e. The normalized spacial score (nSPS) is 10.0. The minimum Gasteiger partial charge on any atom is -0.398 e. The molecule has 0 amide bonds. The Hall–Kier alpha value is -1.71. The molecule has 0 aromatic heterocycles. The van der Waals surface area contributed by atoms with E-state index in [-0.39, 0.29) is 0 Å². The maximum Gasteiger partial charge on any atom is 0.129 e. The first-order chi connectivity index (χ1) is 6.92. The zero-order chi connectivity index (χ0) is 11.5. The topological polar surface area (TPSA) is 49.8 Å². The van der Waals surface area contributed by atoms with Crippen LogP contribution in [-0.2, 0) is 0 Å². The summed E-state index contributed by atoms with van der Waals surface area (Å²) in [7, 11) is -1.39. The van der Waals surface area contributed by atoms with Crippen molar-refractivity contribution in [3.05, 3.63) is 29.3 Å². The Bertz CT molecular complexity index is 467. The highest BCUT2D eigenvalue weighted by atomic mass is 28.3. The molecule has 0 heterocycles. The first-order valence-corrected chi connectivity index (χ1v) is 8.25. The predicted molar refractivity (Wildman–Crippen MR) is 65.8 cm³/mol. The number of benzene rings is 1. The third-order valence-corrected chi connectivity index (χ3v) is 2.63. The number of hydrogen-bond donors (Lipinski definition) is 1. The molecule has 0 spiro atoms. The molecular weight excluding hydrogens is 200 g/mol. The van der Waals surface area contributed by atoms with Crippen molar-refractivity contribution in [2.75, 3.05) is 5.73 Å². The second kappa shape index (κ2) is 4.21. The summed E-state index contributed by atoms with van der Waals surface area (Å²) in [6, 6.07) is 7.25. The van der Waals surface area contributed by atoms with Crippen molar-refractivity contribution in [3.8, 4) is 17.5 Å². The van der Waals surface area contributed by atoms with Crippen molar-refractivity contribution in [2.24, 2.45) is 0 Å². The van der Waals surface area contributed by atoms with Gasteiger partial charge in [-0.25, -0.2) is 0 Å². The maximum atomic E-state index is 8.75. The predicted octanol–water partition coefficient (Wildman–Crippen LogP) is 2.37. The Kier molecular flexibility index (Phi) is 3.19. The molecule has 0 saturated heterocycles. The first-order valence-electron chi connectivity index (χ1n) is 4.75. The van der Waals surface area contributed by atoms with Gasteiger partial charge in [0, 0.05) is 11.3 Å². The molecule has 0 atom stereocenters. The molecule has 0 aliphatic heterocycles. The second-order valence-corrected chi connectivity index (χ2v) is 9.16. The van der Waals surface area contributed by atoms with Crippen molar-refractivity contribution < 1.29 is 0 Å². The van der Waals surface area contributed by atoms with Crippen molar-refractivity contribution in [2.45, 2.75) is 19.6 Å². The number of nitrogens with zero attached hydrogens (tertiary/aromatic N) is 1. The van der Waals surface area contributed by atoms with Gasteiger partial charge in [0.1, 0.15) is 8.07 Å². The summed E-state index contributed by atoms with van der Waals surface area (Å²) < 4.78 is 0. The number of anilines is 1. The fraction of sp³-hybridized carbons (Fsp3) is 0.250.